The highest BCUT2D eigenvalue weighted by Gasteiger charge is 2.33. The fourth-order valence-electron chi connectivity index (χ4n) is 3.38. The maximum atomic E-state index is 13.2. The van der Waals surface area contributed by atoms with E-state index in [2.05, 4.69) is 5.32 Å². The third-order valence-electron chi connectivity index (χ3n) is 4.94. The summed E-state index contributed by atoms with van der Waals surface area (Å²) in [4.78, 5) is 13.6. The predicted molar refractivity (Wildman–Crippen MR) is 120 cm³/mol. The molecule has 7 heteroatoms. The summed E-state index contributed by atoms with van der Waals surface area (Å²) < 4.78 is 40.5. The zero-order valence-electron chi connectivity index (χ0n) is 16.4. The second-order valence-corrected chi connectivity index (χ2v) is 8.67. The summed E-state index contributed by atoms with van der Waals surface area (Å²) in [6.07, 6.45) is -4.06. The van der Waals surface area contributed by atoms with E-state index in [1.807, 2.05) is 55.5 Å². The van der Waals surface area contributed by atoms with Gasteiger partial charge in [0, 0.05) is 10.4 Å². The lowest BCUT2D eigenvalue weighted by molar-refractivity contribution is -0.137. The van der Waals surface area contributed by atoms with Crippen molar-refractivity contribution in [3.63, 3.8) is 0 Å². The van der Waals surface area contributed by atoms with Crippen LogP contribution >= 0.6 is 22.9 Å². The fourth-order valence-corrected chi connectivity index (χ4v) is 4.72. The average molecular weight is 460 g/mol. The molecule has 3 aromatic carbocycles. The van der Waals surface area contributed by atoms with Crippen molar-refractivity contribution < 1.29 is 18.0 Å². The normalized spacial score (nSPS) is 11.6. The Morgan fingerprint density at radius 2 is 1.74 bits per heavy atom. The van der Waals surface area contributed by atoms with Crippen LogP contribution in [0, 0.1) is 6.92 Å². The van der Waals surface area contributed by atoms with Gasteiger partial charge in [-0.2, -0.15) is 13.2 Å². The Morgan fingerprint density at radius 3 is 2.45 bits per heavy atom. The van der Waals surface area contributed by atoms with Crippen LogP contribution in [0.1, 0.15) is 31.9 Å². The van der Waals surface area contributed by atoms with Crippen LogP contribution in [0.2, 0.25) is 5.02 Å². The summed E-state index contributed by atoms with van der Waals surface area (Å²) in [6, 6.07) is 19.1. The molecule has 4 rings (SSSR count). The van der Waals surface area contributed by atoms with E-state index in [4.69, 9.17) is 11.6 Å². The number of anilines is 1. The molecule has 1 heterocycles. The van der Waals surface area contributed by atoms with E-state index < -0.39 is 22.7 Å². The van der Waals surface area contributed by atoms with Gasteiger partial charge in [-0.3, -0.25) is 4.79 Å². The molecule has 0 aliphatic heterocycles. The van der Waals surface area contributed by atoms with Crippen LogP contribution < -0.4 is 5.32 Å². The second-order valence-electron chi connectivity index (χ2n) is 7.21. The molecule has 0 spiro atoms. The number of aryl methyl sites for hydroxylation is 1. The quantitative estimate of drug-likeness (QED) is 0.332. The van der Waals surface area contributed by atoms with Crippen LogP contribution in [0.15, 0.2) is 66.7 Å². The molecule has 2 nitrogen and oxygen atoms in total. The topological polar surface area (TPSA) is 29.1 Å². The van der Waals surface area contributed by atoms with Gasteiger partial charge in [0.25, 0.3) is 5.91 Å². The average Bonchev–Trinajstić information content (AvgIpc) is 3.09. The summed E-state index contributed by atoms with van der Waals surface area (Å²) in [5.41, 5.74) is 2.10. The lowest BCUT2D eigenvalue weighted by Gasteiger charge is -2.12. The number of rotatable bonds is 4. The number of nitrogens with one attached hydrogen (secondary N) is 1. The van der Waals surface area contributed by atoms with Crippen molar-refractivity contribution in [2.45, 2.75) is 19.5 Å². The molecular weight excluding hydrogens is 443 g/mol. The summed E-state index contributed by atoms with van der Waals surface area (Å²) in [5, 5.41) is 3.16. The van der Waals surface area contributed by atoms with E-state index in [0.717, 1.165) is 38.9 Å². The zero-order chi connectivity index (χ0) is 22.2. The maximum Gasteiger partial charge on any atom is 0.417 e. The minimum Gasteiger partial charge on any atom is -0.321 e. The molecule has 0 saturated carbocycles. The van der Waals surface area contributed by atoms with Gasteiger partial charge in [-0.15, -0.1) is 11.3 Å². The number of carbonyl (C=O) groups is 1. The van der Waals surface area contributed by atoms with Crippen molar-refractivity contribution in [2.24, 2.45) is 0 Å². The number of alkyl halides is 3. The molecule has 158 valence electrons. The van der Waals surface area contributed by atoms with Gasteiger partial charge in [-0.1, -0.05) is 59.6 Å². The Morgan fingerprint density at radius 1 is 1.03 bits per heavy atom. The van der Waals surface area contributed by atoms with Crippen LogP contribution in [0.3, 0.4) is 0 Å². The third kappa shape index (κ3) is 4.60. The lowest BCUT2D eigenvalue weighted by Crippen LogP contribution is -2.14. The van der Waals surface area contributed by atoms with Gasteiger partial charge in [0.15, 0.2) is 0 Å². The maximum absolute atomic E-state index is 13.2. The minimum atomic E-state index is -4.61. The van der Waals surface area contributed by atoms with Gasteiger partial charge >= 0.3 is 6.18 Å². The molecule has 1 N–H and O–H groups in total. The predicted octanol–water partition coefficient (Wildman–Crippen LogP) is 7.73. The Bertz CT molecular complexity index is 1260. The van der Waals surface area contributed by atoms with Crippen LogP contribution in [0.4, 0.5) is 18.9 Å². The molecule has 0 aliphatic rings. The highest BCUT2D eigenvalue weighted by Crippen LogP contribution is 2.37. The number of benzene rings is 3. The number of hydrogen-bond donors (Lipinski definition) is 1. The van der Waals surface area contributed by atoms with Crippen LogP contribution in [0.25, 0.3) is 10.1 Å². The van der Waals surface area contributed by atoms with E-state index in [1.54, 1.807) is 0 Å². The Hall–Kier alpha value is -2.83. The first-order valence-electron chi connectivity index (χ1n) is 9.46. The van der Waals surface area contributed by atoms with Crippen LogP contribution in [-0.2, 0) is 12.6 Å². The first-order chi connectivity index (χ1) is 14.7. The largest absolute Gasteiger partial charge is 0.417 e. The van der Waals surface area contributed by atoms with Gasteiger partial charge in [0.1, 0.15) is 0 Å². The first kappa shape index (κ1) is 21.4. The lowest BCUT2D eigenvalue weighted by atomic mass is 10.0. The van der Waals surface area contributed by atoms with Gasteiger partial charge in [-0.05, 0) is 54.1 Å². The number of amides is 1. The molecule has 31 heavy (non-hydrogen) atoms. The van der Waals surface area contributed by atoms with E-state index >= 15 is 0 Å². The van der Waals surface area contributed by atoms with Gasteiger partial charge < -0.3 is 5.32 Å². The highest BCUT2D eigenvalue weighted by atomic mass is 35.5. The number of carbonyl (C=O) groups excluding carboxylic acids is 1. The van der Waals surface area contributed by atoms with E-state index in [0.29, 0.717) is 11.3 Å². The molecular formula is C24H17ClF3NOS. The first-order valence-corrected chi connectivity index (χ1v) is 10.7. The minimum absolute atomic E-state index is 0.0421. The molecule has 0 saturated heterocycles. The monoisotopic (exact) mass is 459 g/mol. The highest BCUT2D eigenvalue weighted by molar-refractivity contribution is 7.21. The van der Waals surface area contributed by atoms with Crippen molar-refractivity contribution in [1.29, 1.82) is 0 Å². The van der Waals surface area contributed by atoms with Crippen molar-refractivity contribution in [2.75, 3.05) is 5.32 Å². The van der Waals surface area contributed by atoms with E-state index in [-0.39, 0.29) is 5.69 Å². The molecule has 1 amide bonds. The van der Waals surface area contributed by atoms with E-state index in [9.17, 15) is 18.0 Å². The summed E-state index contributed by atoms with van der Waals surface area (Å²) in [6.45, 7) is 2.00. The molecule has 0 atom stereocenters. The standard InChI is InChI=1S/C24H17ClF3NOS/c1-14-6-8-15(9-7-14)12-18-17-4-2-3-5-21(17)31-22(18)23(30)29-16-10-11-20(25)19(13-16)24(26,27)28/h2-11,13H,12H2,1H3,(H,29,30). The van der Waals surface area contributed by atoms with Crippen molar-refractivity contribution >= 4 is 44.6 Å². The van der Waals surface area contributed by atoms with Crippen LogP contribution in [-0.4, -0.2) is 5.91 Å². The summed E-state index contributed by atoms with van der Waals surface area (Å²) >= 11 is 7.01. The van der Waals surface area contributed by atoms with Gasteiger partial charge in [0.05, 0.1) is 15.5 Å². The molecule has 0 bridgehead atoms. The SMILES string of the molecule is Cc1ccc(Cc2c(C(=O)Nc3ccc(Cl)c(C(F)(F)F)c3)sc3ccccc23)cc1. The molecule has 1 aromatic heterocycles. The molecule has 0 aliphatic carbocycles. The van der Waals surface area contributed by atoms with Gasteiger partial charge in [-0.25, -0.2) is 0 Å². The molecule has 0 unspecified atom stereocenters. The van der Waals surface area contributed by atoms with Crippen molar-refractivity contribution in [1.82, 2.24) is 0 Å². The van der Waals surface area contributed by atoms with Crippen molar-refractivity contribution in [3.05, 3.63) is 98.9 Å². The summed E-state index contributed by atoms with van der Waals surface area (Å²) in [7, 11) is 0. The van der Waals surface area contributed by atoms with Gasteiger partial charge in [0.2, 0.25) is 0 Å². The second kappa shape index (κ2) is 8.36. The van der Waals surface area contributed by atoms with Crippen molar-refractivity contribution in [3.8, 4) is 0 Å². The van der Waals surface area contributed by atoms with E-state index in [1.165, 1.54) is 17.4 Å². The number of fused-ring (bicyclic) bond motifs is 1. The molecule has 0 fully saturated rings. The third-order valence-corrected chi connectivity index (χ3v) is 6.48. The summed E-state index contributed by atoms with van der Waals surface area (Å²) in [5.74, 6) is -0.446. The smallest absolute Gasteiger partial charge is 0.321 e. The number of hydrogen-bond acceptors (Lipinski definition) is 2. The number of halogens is 4. The van der Waals surface area contributed by atoms with Crippen LogP contribution in [0.5, 0.6) is 0 Å². The fraction of sp³-hybridized carbons (Fsp3) is 0.125. The molecule has 0 radical (unpaired) electrons. The zero-order valence-corrected chi connectivity index (χ0v) is 18.0. The Labute approximate surface area is 186 Å². The Balaban J connectivity index is 1.71. The molecule has 4 aromatic rings. The Kier molecular flexibility index (Phi) is 5.77. The number of thiophene rings is 1.